The second-order valence-corrected chi connectivity index (χ2v) is 4.32. The van der Waals surface area contributed by atoms with E-state index in [1.807, 2.05) is 13.8 Å². The Bertz CT molecular complexity index is 159. The quantitative estimate of drug-likeness (QED) is 0.601. The van der Waals surface area contributed by atoms with Gasteiger partial charge in [-0.1, -0.05) is 12.8 Å². The lowest BCUT2D eigenvalue weighted by Gasteiger charge is -2.35. The number of aldehydes is 1. The lowest BCUT2D eigenvalue weighted by molar-refractivity contribution is -0.117. The Hall–Kier alpha value is -0.370. The molecular weight excluding hydrogens is 150 g/mol. The van der Waals surface area contributed by atoms with Crippen LogP contribution in [0.5, 0.6) is 0 Å². The van der Waals surface area contributed by atoms with Gasteiger partial charge in [0.25, 0.3) is 0 Å². The van der Waals surface area contributed by atoms with E-state index < -0.39 is 0 Å². The molecule has 0 bridgehead atoms. The van der Waals surface area contributed by atoms with Crippen LogP contribution >= 0.6 is 0 Å². The zero-order valence-electron chi connectivity index (χ0n) is 8.34. The third-order valence-electron chi connectivity index (χ3n) is 3.07. The predicted octanol–water partition coefficient (Wildman–Crippen LogP) is 1.84. The van der Waals surface area contributed by atoms with E-state index in [0.29, 0.717) is 6.04 Å². The molecule has 12 heavy (non-hydrogen) atoms. The maximum Gasteiger partial charge on any atom is 0.139 e. The number of rotatable bonds is 3. The van der Waals surface area contributed by atoms with E-state index in [1.165, 1.54) is 25.7 Å². The van der Waals surface area contributed by atoms with Crippen LogP contribution in [0, 0.1) is 0 Å². The summed E-state index contributed by atoms with van der Waals surface area (Å²) in [5.41, 5.74) is -0.283. The molecule has 2 nitrogen and oxygen atoms in total. The fourth-order valence-electron chi connectivity index (χ4n) is 1.85. The fourth-order valence-corrected chi connectivity index (χ4v) is 1.85. The zero-order chi connectivity index (χ0) is 9.19. The van der Waals surface area contributed by atoms with Crippen LogP contribution in [0.1, 0.15) is 39.5 Å². The fraction of sp³-hybridized carbons (Fsp3) is 0.900. The van der Waals surface area contributed by atoms with Crippen LogP contribution in [0.2, 0.25) is 0 Å². The minimum absolute atomic E-state index is 0.283. The normalized spacial score (nSPS) is 20.3. The van der Waals surface area contributed by atoms with Crippen molar-refractivity contribution >= 4 is 6.29 Å². The lowest BCUT2D eigenvalue weighted by Crippen LogP contribution is -2.47. The average Bonchev–Trinajstić information content (AvgIpc) is 2.55. The molecule has 0 aromatic heterocycles. The van der Waals surface area contributed by atoms with Gasteiger partial charge in [0.1, 0.15) is 6.29 Å². The molecule has 0 amide bonds. The van der Waals surface area contributed by atoms with E-state index in [9.17, 15) is 4.79 Å². The zero-order valence-corrected chi connectivity index (χ0v) is 8.34. The van der Waals surface area contributed by atoms with Crippen molar-refractivity contribution in [3.05, 3.63) is 0 Å². The second kappa shape index (κ2) is 3.56. The van der Waals surface area contributed by atoms with E-state index >= 15 is 0 Å². The van der Waals surface area contributed by atoms with Gasteiger partial charge in [-0.25, -0.2) is 0 Å². The SMILES string of the molecule is CN(C1CCCC1)C(C)(C)C=O. The first-order valence-electron chi connectivity index (χ1n) is 4.77. The topological polar surface area (TPSA) is 20.3 Å². The van der Waals surface area contributed by atoms with Crippen molar-refractivity contribution in [2.45, 2.75) is 51.1 Å². The van der Waals surface area contributed by atoms with E-state index in [2.05, 4.69) is 11.9 Å². The van der Waals surface area contributed by atoms with Crippen molar-refractivity contribution in [3.63, 3.8) is 0 Å². The standard InChI is InChI=1S/C10H19NO/c1-10(2,8-12)11(3)9-6-4-5-7-9/h8-9H,4-7H2,1-3H3. The summed E-state index contributed by atoms with van der Waals surface area (Å²) in [6.07, 6.45) is 6.21. The Balaban J connectivity index is 2.55. The van der Waals surface area contributed by atoms with Crippen LogP contribution in [0.15, 0.2) is 0 Å². The van der Waals surface area contributed by atoms with Gasteiger partial charge in [0.15, 0.2) is 0 Å². The molecular formula is C10H19NO. The number of carbonyl (C=O) groups is 1. The molecule has 0 heterocycles. The van der Waals surface area contributed by atoms with Crippen molar-refractivity contribution in [2.24, 2.45) is 0 Å². The number of likely N-dealkylation sites (N-methyl/N-ethyl adjacent to an activating group) is 1. The van der Waals surface area contributed by atoms with Gasteiger partial charge in [0.2, 0.25) is 0 Å². The summed E-state index contributed by atoms with van der Waals surface area (Å²) in [5.74, 6) is 0. The van der Waals surface area contributed by atoms with Crippen molar-refractivity contribution in [2.75, 3.05) is 7.05 Å². The van der Waals surface area contributed by atoms with Crippen LogP contribution in [0.25, 0.3) is 0 Å². The smallest absolute Gasteiger partial charge is 0.139 e. The molecule has 1 saturated carbocycles. The molecule has 1 rings (SSSR count). The molecule has 1 aliphatic carbocycles. The molecule has 0 unspecified atom stereocenters. The third-order valence-corrected chi connectivity index (χ3v) is 3.07. The summed E-state index contributed by atoms with van der Waals surface area (Å²) in [6, 6.07) is 0.630. The van der Waals surface area contributed by atoms with Crippen molar-refractivity contribution < 1.29 is 4.79 Å². The van der Waals surface area contributed by atoms with Gasteiger partial charge >= 0.3 is 0 Å². The Morgan fingerprint density at radius 1 is 1.33 bits per heavy atom. The summed E-state index contributed by atoms with van der Waals surface area (Å²) in [6.45, 7) is 3.97. The predicted molar refractivity (Wildman–Crippen MR) is 50.2 cm³/mol. The van der Waals surface area contributed by atoms with Gasteiger partial charge in [-0.15, -0.1) is 0 Å². The molecule has 0 aliphatic heterocycles. The van der Waals surface area contributed by atoms with Crippen LogP contribution in [0.4, 0.5) is 0 Å². The van der Waals surface area contributed by atoms with E-state index in [4.69, 9.17) is 0 Å². The molecule has 2 heteroatoms. The lowest BCUT2D eigenvalue weighted by atomic mass is 10.0. The van der Waals surface area contributed by atoms with Crippen molar-refractivity contribution in [3.8, 4) is 0 Å². The van der Waals surface area contributed by atoms with Gasteiger partial charge in [0, 0.05) is 6.04 Å². The van der Waals surface area contributed by atoms with Crippen LogP contribution < -0.4 is 0 Å². The number of hydrogen-bond donors (Lipinski definition) is 0. The maximum absolute atomic E-state index is 10.8. The molecule has 0 aromatic carbocycles. The van der Waals surface area contributed by atoms with Crippen LogP contribution in [0.3, 0.4) is 0 Å². The molecule has 0 aromatic rings. The van der Waals surface area contributed by atoms with E-state index in [-0.39, 0.29) is 5.54 Å². The maximum atomic E-state index is 10.8. The molecule has 0 radical (unpaired) electrons. The molecule has 1 fully saturated rings. The summed E-state index contributed by atoms with van der Waals surface area (Å²) in [7, 11) is 2.06. The molecule has 0 saturated heterocycles. The summed E-state index contributed by atoms with van der Waals surface area (Å²) < 4.78 is 0. The summed E-state index contributed by atoms with van der Waals surface area (Å²) in [4.78, 5) is 13.0. The highest BCUT2D eigenvalue weighted by molar-refractivity contribution is 5.62. The summed E-state index contributed by atoms with van der Waals surface area (Å²) in [5, 5.41) is 0. The summed E-state index contributed by atoms with van der Waals surface area (Å²) >= 11 is 0. The van der Waals surface area contributed by atoms with Crippen LogP contribution in [-0.2, 0) is 4.79 Å². The Morgan fingerprint density at radius 2 is 1.83 bits per heavy atom. The van der Waals surface area contributed by atoms with Crippen molar-refractivity contribution in [1.29, 1.82) is 0 Å². The van der Waals surface area contributed by atoms with E-state index in [1.54, 1.807) is 0 Å². The number of hydrogen-bond acceptors (Lipinski definition) is 2. The monoisotopic (exact) mass is 169 g/mol. The number of nitrogens with zero attached hydrogens (tertiary/aromatic N) is 1. The van der Waals surface area contributed by atoms with Crippen LogP contribution in [-0.4, -0.2) is 29.8 Å². The van der Waals surface area contributed by atoms with Gasteiger partial charge in [0.05, 0.1) is 5.54 Å². The Morgan fingerprint density at radius 3 is 2.25 bits per heavy atom. The Kier molecular flexibility index (Phi) is 2.89. The molecule has 70 valence electrons. The van der Waals surface area contributed by atoms with Gasteiger partial charge in [-0.05, 0) is 33.7 Å². The highest BCUT2D eigenvalue weighted by Gasteiger charge is 2.30. The second-order valence-electron chi connectivity index (χ2n) is 4.32. The van der Waals surface area contributed by atoms with Gasteiger partial charge in [-0.2, -0.15) is 0 Å². The highest BCUT2D eigenvalue weighted by Crippen LogP contribution is 2.26. The number of carbonyl (C=O) groups excluding carboxylic acids is 1. The third kappa shape index (κ3) is 1.86. The largest absolute Gasteiger partial charge is 0.301 e. The first-order chi connectivity index (χ1) is 5.58. The van der Waals surface area contributed by atoms with Crippen molar-refractivity contribution in [1.82, 2.24) is 4.90 Å². The molecule has 0 N–H and O–H groups in total. The minimum Gasteiger partial charge on any atom is -0.301 e. The van der Waals surface area contributed by atoms with Gasteiger partial charge in [-0.3, -0.25) is 4.90 Å². The average molecular weight is 169 g/mol. The van der Waals surface area contributed by atoms with E-state index in [0.717, 1.165) is 6.29 Å². The minimum atomic E-state index is -0.283. The molecule has 0 spiro atoms. The molecule has 1 aliphatic rings. The van der Waals surface area contributed by atoms with Gasteiger partial charge < -0.3 is 4.79 Å². The highest BCUT2D eigenvalue weighted by atomic mass is 16.1. The molecule has 0 atom stereocenters. The first kappa shape index (κ1) is 9.72. The Labute approximate surface area is 74.9 Å². The first-order valence-corrected chi connectivity index (χ1v) is 4.77.